The van der Waals surface area contributed by atoms with Gasteiger partial charge in [0.1, 0.15) is 0 Å². The lowest BCUT2D eigenvalue weighted by Crippen LogP contribution is -2.36. The first-order chi connectivity index (χ1) is 6.76. The topological polar surface area (TPSA) is 55.6 Å². The molecule has 1 heterocycles. The Morgan fingerprint density at radius 2 is 2.29 bits per heavy atom. The Labute approximate surface area is 83.9 Å². The maximum absolute atomic E-state index is 3.90. The Bertz CT molecular complexity index is 296. The third kappa shape index (κ3) is 1.58. The summed E-state index contributed by atoms with van der Waals surface area (Å²) in [5.74, 6) is 0.768. The second kappa shape index (κ2) is 3.55. The quantitative estimate of drug-likeness (QED) is 0.784. The van der Waals surface area contributed by atoms with Crippen LogP contribution in [0.1, 0.15) is 32.6 Å². The van der Waals surface area contributed by atoms with Crippen molar-refractivity contribution in [1.29, 1.82) is 0 Å². The molecule has 1 fully saturated rings. The van der Waals surface area contributed by atoms with Gasteiger partial charge in [0.2, 0.25) is 5.95 Å². The van der Waals surface area contributed by atoms with Gasteiger partial charge < -0.3 is 5.32 Å². The lowest BCUT2D eigenvalue weighted by molar-refractivity contribution is 0.144. The highest BCUT2D eigenvalue weighted by molar-refractivity contribution is 5.22. The van der Waals surface area contributed by atoms with Gasteiger partial charge in [0, 0.05) is 13.6 Å². The number of aromatic nitrogens is 4. The smallest absolute Gasteiger partial charge is 0.242 e. The second-order valence-corrected chi connectivity index (χ2v) is 4.19. The van der Waals surface area contributed by atoms with Crippen molar-refractivity contribution in [2.75, 3.05) is 11.9 Å². The van der Waals surface area contributed by atoms with Crippen molar-refractivity contribution in [1.82, 2.24) is 20.2 Å². The fourth-order valence-corrected chi connectivity index (χ4v) is 1.98. The van der Waals surface area contributed by atoms with Crippen molar-refractivity contribution in [2.24, 2.45) is 12.5 Å². The minimum atomic E-state index is 0.506. The minimum absolute atomic E-state index is 0.506. The Hall–Kier alpha value is -1.13. The summed E-state index contributed by atoms with van der Waals surface area (Å²) in [6.45, 7) is 3.26. The molecule has 0 aromatic carbocycles. The van der Waals surface area contributed by atoms with Gasteiger partial charge in [-0.15, -0.1) is 0 Å². The molecule has 5 heteroatoms. The predicted octanol–water partition coefficient (Wildman–Crippen LogP) is 1.20. The molecule has 0 spiro atoms. The number of rotatable bonds is 4. The van der Waals surface area contributed by atoms with E-state index in [0.29, 0.717) is 5.41 Å². The summed E-state index contributed by atoms with van der Waals surface area (Å²) in [7, 11) is 1.85. The molecule has 1 aliphatic carbocycles. The molecule has 14 heavy (non-hydrogen) atoms. The highest BCUT2D eigenvalue weighted by Crippen LogP contribution is 2.43. The van der Waals surface area contributed by atoms with Crippen LogP contribution in [0.25, 0.3) is 0 Å². The summed E-state index contributed by atoms with van der Waals surface area (Å²) in [5.41, 5.74) is 0.506. The molecule has 1 N–H and O–H groups in total. The van der Waals surface area contributed by atoms with Crippen LogP contribution in [0, 0.1) is 5.41 Å². The number of anilines is 1. The Balaban J connectivity index is 1.90. The zero-order valence-electron chi connectivity index (χ0n) is 8.82. The molecule has 1 aromatic rings. The minimum Gasteiger partial charge on any atom is -0.353 e. The van der Waals surface area contributed by atoms with Crippen molar-refractivity contribution in [3.63, 3.8) is 0 Å². The molecule has 0 amide bonds. The van der Waals surface area contributed by atoms with Gasteiger partial charge in [-0.25, -0.2) is 4.68 Å². The number of aryl methyl sites for hydroxylation is 1. The largest absolute Gasteiger partial charge is 0.353 e. The fourth-order valence-electron chi connectivity index (χ4n) is 1.98. The van der Waals surface area contributed by atoms with Gasteiger partial charge >= 0.3 is 0 Å². The number of hydrogen-bond acceptors (Lipinski definition) is 4. The molecule has 1 aromatic heterocycles. The Morgan fingerprint density at radius 3 is 2.71 bits per heavy atom. The zero-order chi connectivity index (χ0) is 10.0. The van der Waals surface area contributed by atoms with E-state index in [4.69, 9.17) is 0 Å². The Kier molecular flexibility index (Phi) is 2.39. The molecule has 0 bridgehead atoms. The summed E-state index contributed by atoms with van der Waals surface area (Å²) in [6, 6.07) is 0. The molecule has 0 aliphatic heterocycles. The molecule has 1 saturated carbocycles. The molecule has 2 rings (SSSR count). The first-order valence-corrected chi connectivity index (χ1v) is 5.22. The standard InChI is InChI=1S/C9H17N5/c1-3-9(5-4-6-9)7-10-8-11-12-13-14(8)2/h3-7H2,1-2H3,(H,10,11,13). The average Bonchev–Trinajstić information content (AvgIpc) is 2.51. The van der Waals surface area contributed by atoms with E-state index in [-0.39, 0.29) is 0 Å². The third-order valence-electron chi connectivity index (χ3n) is 3.41. The molecule has 0 radical (unpaired) electrons. The van der Waals surface area contributed by atoms with Crippen LogP contribution in [-0.4, -0.2) is 26.8 Å². The van der Waals surface area contributed by atoms with Gasteiger partial charge in [-0.3, -0.25) is 0 Å². The van der Waals surface area contributed by atoms with Crippen molar-refractivity contribution in [2.45, 2.75) is 32.6 Å². The van der Waals surface area contributed by atoms with Crippen molar-refractivity contribution >= 4 is 5.95 Å². The summed E-state index contributed by atoms with van der Waals surface area (Å²) >= 11 is 0. The van der Waals surface area contributed by atoms with E-state index in [1.807, 2.05) is 7.05 Å². The summed E-state index contributed by atoms with van der Waals surface area (Å²) in [5, 5.41) is 14.6. The average molecular weight is 195 g/mol. The van der Waals surface area contributed by atoms with E-state index in [2.05, 4.69) is 27.8 Å². The molecule has 0 unspecified atom stereocenters. The van der Waals surface area contributed by atoms with E-state index in [1.54, 1.807) is 4.68 Å². The molecule has 0 saturated heterocycles. The van der Waals surface area contributed by atoms with E-state index >= 15 is 0 Å². The van der Waals surface area contributed by atoms with E-state index in [9.17, 15) is 0 Å². The maximum Gasteiger partial charge on any atom is 0.242 e. The van der Waals surface area contributed by atoms with Crippen LogP contribution in [0.2, 0.25) is 0 Å². The van der Waals surface area contributed by atoms with Crippen LogP contribution in [0.15, 0.2) is 0 Å². The highest BCUT2D eigenvalue weighted by atomic mass is 15.6. The normalized spacial score (nSPS) is 19.0. The van der Waals surface area contributed by atoms with E-state index in [1.165, 1.54) is 25.7 Å². The van der Waals surface area contributed by atoms with Gasteiger partial charge in [-0.05, 0) is 35.1 Å². The van der Waals surface area contributed by atoms with Crippen LogP contribution >= 0.6 is 0 Å². The van der Waals surface area contributed by atoms with Gasteiger partial charge in [0.25, 0.3) is 0 Å². The molecule has 1 aliphatic rings. The second-order valence-electron chi connectivity index (χ2n) is 4.19. The monoisotopic (exact) mass is 195 g/mol. The first-order valence-electron chi connectivity index (χ1n) is 5.22. The van der Waals surface area contributed by atoms with Gasteiger partial charge in [-0.2, -0.15) is 0 Å². The van der Waals surface area contributed by atoms with Crippen LogP contribution < -0.4 is 5.32 Å². The van der Waals surface area contributed by atoms with E-state index in [0.717, 1.165) is 12.5 Å². The predicted molar refractivity (Wildman–Crippen MR) is 53.9 cm³/mol. The lowest BCUT2D eigenvalue weighted by atomic mass is 9.67. The molecule has 5 nitrogen and oxygen atoms in total. The number of tetrazole rings is 1. The third-order valence-corrected chi connectivity index (χ3v) is 3.41. The highest BCUT2D eigenvalue weighted by Gasteiger charge is 2.34. The van der Waals surface area contributed by atoms with Gasteiger partial charge in [-0.1, -0.05) is 18.4 Å². The molecular weight excluding hydrogens is 178 g/mol. The number of hydrogen-bond donors (Lipinski definition) is 1. The SMILES string of the molecule is CCC1(CNc2nnnn2C)CCC1. The maximum atomic E-state index is 3.90. The summed E-state index contributed by atoms with van der Waals surface area (Å²) in [4.78, 5) is 0. The molecule has 78 valence electrons. The van der Waals surface area contributed by atoms with Crippen LogP contribution in [0.4, 0.5) is 5.95 Å². The zero-order valence-corrected chi connectivity index (χ0v) is 8.82. The van der Waals surface area contributed by atoms with Crippen LogP contribution in [-0.2, 0) is 7.05 Å². The molecule has 0 atom stereocenters. The van der Waals surface area contributed by atoms with Gasteiger partial charge in [0.15, 0.2) is 0 Å². The first kappa shape index (κ1) is 9.43. The van der Waals surface area contributed by atoms with Crippen LogP contribution in [0.5, 0.6) is 0 Å². The number of nitrogens with one attached hydrogen (secondary N) is 1. The number of nitrogens with zero attached hydrogens (tertiary/aromatic N) is 4. The fraction of sp³-hybridized carbons (Fsp3) is 0.889. The Morgan fingerprint density at radius 1 is 1.50 bits per heavy atom. The van der Waals surface area contributed by atoms with Crippen molar-refractivity contribution < 1.29 is 0 Å². The molecular formula is C9H17N5. The van der Waals surface area contributed by atoms with Gasteiger partial charge in [0.05, 0.1) is 0 Å². The summed E-state index contributed by atoms with van der Waals surface area (Å²) < 4.78 is 1.67. The van der Waals surface area contributed by atoms with Crippen molar-refractivity contribution in [3.8, 4) is 0 Å². The lowest BCUT2D eigenvalue weighted by Gasteiger charge is -2.41. The van der Waals surface area contributed by atoms with E-state index < -0.39 is 0 Å². The summed E-state index contributed by atoms with van der Waals surface area (Å²) in [6.07, 6.45) is 5.28. The van der Waals surface area contributed by atoms with Crippen LogP contribution in [0.3, 0.4) is 0 Å². The van der Waals surface area contributed by atoms with Crippen molar-refractivity contribution in [3.05, 3.63) is 0 Å².